The topological polar surface area (TPSA) is 66.9 Å². The van der Waals surface area contributed by atoms with Crippen LogP contribution in [0.4, 0.5) is 5.13 Å². The molecule has 1 aliphatic heterocycles. The van der Waals surface area contributed by atoms with E-state index in [2.05, 4.69) is 22.0 Å². The van der Waals surface area contributed by atoms with Crippen LogP contribution < -0.4 is 19.7 Å². The van der Waals surface area contributed by atoms with Crippen LogP contribution >= 0.6 is 22.9 Å². The van der Waals surface area contributed by atoms with Crippen LogP contribution in [-0.2, 0) is 0 Å². The average Bonchev–Trinajstić information content (AvgIpc) is 3.28. The van der Waals surface area contributed by atoms with Crippen LogP contribution in [0, 0.1) is 6.92 Å². The van der Waals surface area contributed by atoms with Crippen molar-refractivity contribution in [1.82, 2.24) is 15.2 Å². The van der Waals surface area contributed by atoms with Gasteiger partial charge in [0.2, 0.25) is 0 Å². The molecule has 0 radical (unpaired) electrons. The largest absolute Gasteiger partial charge is 0.493 e. The van der Waals surface area contributed by atoms with Crippen LogP contribution in [0.15, 0.2) is 30.3 Å². The molecule has 0 saturated carbocycles. The first-order valence-corrected chi connectivity index (χ1v) is 11.7. The number of nitrogens with one attached hydrogen (secondary N) is 1. The van der Waals surface area contributed by atoms with Gasteiger partial charge in [-0.05, 0) is 36.8 Å². The number of aromatic nitrogens is 1. The molecular weight excluding hydrogens is 448 g/mol. The van der Waals surface area contributed by atoms with Crippen LogP contribution in [0.1, 0.15) is 15.9 Å². The molecule has 7 nitrogen and oxygen atoms in total. The van der Waals surface area contributed by atoms with E-state index in [-0.39, 0.29) is 5.91 Å². The van der Waals surface area contributed by atoms with Crippen molar-refractivity contribution in [3.63, 3.8) is 0 Å². The van der Waals surface area contributed by atoms with Crippen LogP contribution in [0.25, 0.3) is 10.2 Å². The number of carbonyl (C=O) groups excluding carboxylic acids is 1. The molecule has 32 heavy (non-hydrogen) atoms. The number of halogens is 1. The fraction of sp³-hybridized carbons (Fsp3) is 0.391. The summed E-state index contributed by atoms with van der Waals surface area (Å²) >= 11 is 8.02. The number of amides is 1. The number of anilines is 1. The molecule has 0 unspecified atom stereocenters. The molecule has 3 aromatic rings. The molecule has 2 heterocycles. The summed E-state index contributed by atoms with van der Waals surface area (Å²) in [4.78, 5) is 22.0. The van der Waals surface area contributed by atoms with Gasteiger partial charge in [-0.25, -0.2) is 4.98 Å². The van der Waals surface area contributed by atoms with E-state index in [4.69, 9.17) is 26.1 Å². The highest BCUT2D eigenvalue weighted by atomic mass is 35.5. The summed E-state index contributed by atoms with van der Waals surface area (Å²) in [7, 11) is 3.13. The molecule has 1 saturated heterocycles. The number of nitrogens with zero attached hydrogens (tertiary/aromatic N) is 3. The Morgan fingerprint density at radius 2 is 1.88 bits per heavy atom. The van der Waals surface area contributed by atoms with Gasteiger partial charge in [-0.15, -0.1) is 0 Å². The fourth-order valence-corrected chi connectivity index (χ4v) is 5.16. The lowest BCUT2D eigenvalue weighted by molar-refractivity contribution is 0.0947. The zero-order valence-electron chi connectivity index (χ0n) is 18.5. The minimum atomic E-state index is -0.119. The summed E-state index contributed by atoms with van der Waals surface area (Å²) in [6.45, 7) is 7.11. The first-order chi connectivity index (χ1) is 15.5. The molecule has 1 aromatic heterocycles. The van der Waals surface area contributed by atoms with Crippen LogP contribution in [-0.4, -0.2) is 69.3 Å². The second-order valence-electron chi connectivity index (χ2n) is 7.69. The first kappa shape index (κ1) is 22.6. The quantitative estimate of drug-likeness (QED) is 0.561. The molecule has 2 aromatic carbocycles. The van der Waals surface area contributed by atoms with Gasteiger partial charge in [0.15, 0.2) is 16.6 Å². The molecule has 9 heteroatoms. The van der Waals surface area contributed by atoms with E-state index < -0.39 is 0 Å². The van der Waals surface area contributed by atoms with Crippen molar-refractivity contribution in [3.8, 4) is 11.5 Å². The molecule has 1 amide bonds. The smallest absolute Gasteiger partial charge is 0.251 e. The summed E-state index contributed by atoms with van der Waals surface area (Å²) in [6.07, 6.45) is 0. The first-order valence-electron chi connectivity index (χ1n) is 10.5. The molecule has 170 valence electrons. The number of methoxy groups -OCH3 is 2. The SMILES string of the molecule is COc1ccc(C(=O)NCCN2CCN(c3nc4c(C)ccc(Cl)c4s3)CC2)cc1OC. The van der Waals surface area contributed by atoms with E-state index in [9.17, 15) is 4.79 Å². The molecule has 0 bridgehead atoms. The number of aryl methyl sites for hydroxylation is 1. The van der Waals surface area contributed by atoms with Gasteiger partial charge < -0.3 is 19.7 Å². The van der Waals surface area contributed by atoms with E-state index in [1.165, 1.54) is 0 Å². The number of fused-ring (bicyclic) bond motifs is 1. The normalized spacial score (nSPS) is 14.6. The molecule has 0 atom stereocenters. The molecule has 1 fully saturated rings. The number of rotatable bonds is 7. The van der Waals surface area contributed by atoms with Gasteiger partial charge in [-0.1, -0.05) is 29.0 Å². The van der Waals surface area contributed by atoms with Crippen LogP contribution in [0.5, 0.6) is 11.5 Å². The Bertz CT molecular complexity index is 1070. The fourth-order valence-electron chi connectivity index (χ4n) is 3.80. The second-order valence-corrected chi connectivity index (χ2v) is 9.08. The number of hydrogen-bond acceptors (Lipinski definition) is 7. The summed E-state index contributed by atoms with van der Waals surface area (Å²) in [5.74, 6) is 1.03. The lowest BCUT2D eigenvalue weighted by Crippen LogP contribution is -2.48. The van der Waals surface area contributed by atoms with Crippen molar-refractivity contribution in [2.75, 3.05) is 58.4 Å². The van der Waals surface area contributed by atoms with Gasteiger partial charge in [0, 0.05) is 44.8 Å². The van der Waals surface area contributed by atoms with E-state index in [1.54, 1.807) is 43.8 Å². The highest BCUT2D eigenvalue weighted by molar-refractivity contribution is 7.22. The van der Waals surface area contributed by atoms with Crippen molar-refractivity contribution in [2.24, 2.45) is 0 Å². The highest BCUT2D eigenvalue weighted by Gasteiger charge is 2.21. The van der Waals surface area contributed by atoms with Gasteiger partial charge in [-0.2, -0.15) is 0 Å². The minimum absolute atomic E-state index is 0.119. The third-order valence-electron chi connectivity index (χ3n) is 5.69. The van der Waals surface area contributed by atoms with Crippen molar-refractivity contribution in [3.05, 3.63) is 46.5 Å². The summed E-state index contributed by atoms with van der Waals surface area (Å²) < 4.78 is 11.6. The Kier molecular flexibility index (Phi) is 7.03. The number of thiazole rings is 1. The lowest BCUT2D eigenvalue weighted by atomic mass is 10.2. The maximum atomic E-state index is 12.5. The van der Waals surface area contributed by atoms with E-state index in [0.29, 0.717) is 23.6 Å². The second kappa shape index (κ2) is 9.94. The van der Waals surface area contributed by atoms with Gasteiger partial charge in [0.05, 0.1) is 29.5 Å². The summed E-state index contributed by atoms with van der Waals surface area (Å²) in [5, 5.41) is 4.78. The maximum Gasteiger partial charge on any atom is 0.251 e. The Labute approximate surface area is 196 Å². The molecule has 4 rings (SSSR count). The molecular formula is C23H27ClN4O3S. The summed E-state index contributed by atoms with van der Waals surface area (Å²) in [5.41, 5.74) is 2.70. The number of ether oxygens (including phenoxy) is 2. The minimum Gasteiger partial charge on any atom is -0.493 e. The maximum absolute atomic E-state index is 12.5. The zero-order valence-corrected chi connectivity index (χ0v) is 20.1. The third-order valence-corrected chi connectivity index (χ3v) is 7.26. The van der Waals surface area contributed by atoms with Gasteiger partial charge >= 0.3 is 0 Å². The lowest BCUT2D eigenvalue weighted by Gasteiger charge is -2.34. The average molecular weight is 475 g/mol. The highest BCUT2D eigenvalue weighted by Crippen LogP contribution is 2.35. The van der Waals surface area contributed by atoms with Crippen molar-refractivity contribution < 1.29 is 14.3 Å². The molecule has 1 aliphatic rings. The monoisotopic (exact) mass is 474 g/mol. The molecule has 0 aliphatic carbocycles. The van der Waals surface area contributed by atoms with Gasteiger partial charge in [-0.3, -0.25) is 9.69 Å². The van der Waals surface area contributed by atoms with Crippen molar-refractivity contribution in [2.45, 2.75) is 6.92 Å². The predicted octanol–water partition coefficient (Wildman–Crippen LogP) is 3.83. The standard InChI is InChI=1S/C23H27ClN4O3S/c1-15-4-6-17(24)21-20(15)26-23(32-21)28-12-10-27(11-13-28)9-8-25-22(29)16-5-7-18(30-2)19(14-16)31-3/h4-7,14H,8-13H2,1-3H3,(H,25,29). The van der Waals surface area contributed by atoms with Crippen molar-refractivity contribution in [1.29, 1.82) is 0 Å². The van der Waals surface area contributed by atoms with Crippen LogP contribution in [0.2, 0.25) is 5.02 Å². The van der Waals surface area contributed by atoms with Gasteiger partial charge in [0.1, 0.15) is 0 Å². The number of hydrogen-bond donors (Lipinski definition) is 1. The molecule has 1 N–H and O–H groups in total. The number of benzene rings is 2. The Hall–Kier alpha value is -2.55. The number of carbonyl (C=O) groups is 1. The zero-order chi connectivity index (χ0) is 22.7. The van der Waals surface area contributed by atoms with E-state index in [0.717, 1.165) is 58.7 Å². The third kappa shape index (κ3) is 4.77. The van der Waals surface area contributed by atoms with Crippen molar-refractivity contribution >= 4 is 44.2 Å². The van der Waals surface area contributed by atoms with E-state index >= 15 is 0 Å². The Balaban J connectivity index is 1.27. The number of piperazine rings is 1. The van der Waals surface area contributed by atoms with Crippen LogP contribution in [0.3, 0.4) is 0 Å². The predicted molar refractivity (Wildman–Crippen MR) is 130 cm³/mol. The Morgan fingerprint density at radius 3 is 2.56 bits per heavy atom. The Morgan fingerprint density at radius 1 is 1.12 bits per heavy atom. The molecule has 0 spiro atoms. The van der Waals surface area contributed by atoms with Gasteiger partial charge in [0.25, 0.3) is 5.91 Å². The summed E-state index contributed by atoms with van der Waals surface area (Å²) in [6, 6.07) is 9.13. The van der Waals surface area contributed by atoms with E-state index in [1.807, 2.05) is 12.1 Å².